The summed E-state index contributed by atoms with van der Waals surface area (Å²) in [6, 6.07) is 0.801. The Morgan fingerprint density at radius 3 is 3.00 bits per heavy atom. The molecular formula is C14H24N2. The molecule has 2 aliphatic heterocycles. The first kappa shape index (κ1) is 12.0. The first-order valence-corrected chi connectivity index (χ1v) is 6.79. The summed E-state index contributed by atoms with van der Waals surface area (Å²) < 4.78 is 0. The summed E-state index contributed by atoms with van der Waals surface area (Å²) in [6.45, 7) is 5.02. The summed E-state index contributed by atoms with van der Waals surface area (Å²) in [5, 5.41) is 3.66. The van der Waals surface area contributed by atoms with Crippen LogP contribution in [0, 0.1) is 18.3 Å². The molecule has 0 spiro atoms. The number of rotatable bonds is 4. The van der Waals surface area contributed by atoms with E-state index in [1.54, 1.807) is 0 Å². The van der Waals surface area contributed by atoms with E-state index in [9.17, 15) is 0 Å². The third-order valence-corrected chi connectivity index (χ3v) is 4.00. The Hall–Kier alpha value is -0.520. The maximum absolute atomic E-state index is 5.29. The summed E-state index contributed by atoms with van der Waals surface area (Å²) in [5.74, 6) is 3.63. The molecule has 2 fully saturated rings. The van der Waals surface area contributed by atoms with Crippen molar-refractivity contribution in [3.8, 4) is 12.3 Å². The van der Waals surface area contributed by atoms with Gasteiger partial charge < -0.3 is 10.2 Å². The smallest absolute Gasteiger partial charge is 0.0108 e. The highest BCUT2D eigenvalue weighted by atomic mass is 15.1. The quantitative estimate of drug-likeness (QED) is 0.575. The molecule has 2 heteroatoms. The highest BCUT2D eigenvalue weighted by Gasteiger charge is 2.28. The highest BCUT2D eigenvalue weighted by Crippen LogP contribution is 2.24. The zero-order chi connectivity index (χ0) is 11.2. The van der Waals surface area contributed by atoms with Gasteiger partial charge in [0.25, 0.3) is 0 Å². The second-order valence-corrected chi connectivity index (χ2v) is 5.21. The predicted molar refractivity (Wildman–Crippen MR) is 68.3 cm³/mol. The maximum atomic E-state index is 5.29. The molecular weight excluding hydrogens is 196 g/mol. The standard InChI is InChI=1S/C14H24N2/c1-2-3-4-10-16-11-6-7-13(12-16)14-8-5-9-15-14/h1,13-15H,3-12H2. The third kappa shape index (κ3) is 3.23. The van der Waals surface area contributed by atoms with E-state index >= 15 is 0 Å². The predicted octanol–water partition coefficient (Wildman–Crippen LogP) is 1.86. The molecule has 0 aromatic rings. The van der Waals surface area contributed by atoms with Crippen LogP contribution >= 0.6 is 0 Å². The molecule has 2 saturated heterocycles. The van der Waals surface area contributed by atoms with Gasteiger partial charge in [-0.1, -0.05) is 0 Å². The third-order valence-electron chi connectivity index (χ3n) is 4.00. The fraction of sp³-hybridized carbons (Fsp3) is 0.857. The van der Waals surface area contributed by atoms with Gasteiger partial charge in [0, 0.05) is 19.0 Å². The van der Waals surface area contributed by atoms with E-state index in [4.69, 9.17) is 6.42 Å². The van der Waals surface area contributed by atoms with Crippen LogP contribution in [0.3, 0.4) is 0 Å². The summed E-state index contributed by atoms with van der Waals surface area (Å²) in [5.41, 5.74) is 0. The van der Waals surface area contributed by atoms with Crippen molar-refractivity contribution < 1.29 is 0 Å². The Morgan fingerprint density at radius 1 is 1.31 bits per heavy atom. The summed E-state index contributed by atoms with van der Waals surface area (Å²) >= 11 is 0. The first-order chi connectivity index (χ1) is 7.90. The Kier molecular flexibility index (Phi) is 4.69. The van der Waals surface area contributed by atoms with E-state index in [-0.39, 0.29) is 0 Å². The number of nitrogens with one attached hydrogen (secondary N) is 1. The van der Waals surface area contributed by atoms with Crippen molar-refractivity contribution in [3.63, 3.8) is 0 Å². The van der Waals surface area contributed by atoms with Crippen molar-refractivity contribution in [1.29, 1.82) is 0 Å². The molecule has 0 radical (unpaired) electrons. The van der Waals surface area contributed by atoms with Gasteiger partial charge in [-0.25, -0.2) is 0 Å². The number of nitrogens with zero attached hydrogens (tertiary/aromatic N) is 1. The largest absolute Gasteiger partial charge is 0.314 e. The molecule has 16 heavy (non-hydrogen) atoms. The highest BCUT2D eigenvalue weighted by molar-refractivity contribution is 4.87. The van der Waals surface area contributed by atoms with Crippen molar-refractivity contribution >= 4 is 0 Å². The van der Waals surface area contributed by atoms with Crippen molar-refractivity contribution in [3.05, 3.63) is 0 Å². The molecule has 0 aromatic carbocycles. The maximum Gasteiger partial charge on any atom is 0.0108 e. The van der Waals surface area contributed by atoms with Crippen LogP contribution in [0.15, 0.2) is 0 Å². The number of hydrogen-bond donors (Lipinski definition) is 1. The van der Waals surface area contributed by atoms with E-state index in [0.717, 1.165) is 18.4 Å². The molecule has 0 aromatic heterocycles. The number of piperidine rings is 1. The number of hydrogen-bond acceptors (Lipinski definition) is 2. The molecule has 2 rings (SSSR count). The van der Waals surface area contributed by atoms with Gasteiger partial charge in [0.2, 0.25) is 0 Å². The number of terminal acetylenes is 1. The number of unbranched alkanes of at least 4 members (excludes halogenated alkanes) is 1. The van der Waals surface area contributed by atoms with Crippen LogP contribution in [0.4, 0.5) is 0 Å². The SMILES string of the molecule is C#CCCCN1CCCC(C2CCCN2)C1. The Balaban J connectivity index is 1.73. The second-order valence-electron chi connectivity index (χ2n) is 5.21. The molecule has 2 atom stereocenters. The molecule has 2 heterocycles. The van der Waals surface area contributed by atoms with Gasteiger partial charge in [-0.3, -0.25) is 0 Å². The lowest BCUT2D eigenvalue weighted by Crippen LogP contribution is -2.43. The van der Waals surface area contributed by atoms with E-state index in [1.165, 1.54) is 58.3 Å². The second kappa shape index (κ2) is 6.27. The fourth-order valence-electron chi connectivity index (χ4n) is 3.14. The summed E-state index contributed by atoms with van der Waals surface area (Å²) in [6.07, 6.45) is 13.0. The van der Waals surface area contributed by atoms with Gasteiger partial charge >= 0.3 is 0 Å². The molecule has 2 unspecified atom stereocenters. The molecule has 0 saturated carbocycles. The van der Waals surface area contributed by atoms with Gasteiger partial charge in [-0.05, 0) is 57.7 Å². The van der Waals surface area contributed by atoms with Crippen LogP contribution < -0.4 is 5.32 Å². The molecule has 0 bridgehead atoms. The van der Waals surface area contributed by atoms with Crippen LogP contribution in [0.5, 0.6) is 0 Å². The fourth-order valence-corrected chi connectivity index (χ4v) is 3.14. The van der Waals surface area contributed by atoms with Crippen LogP contribution in [0.2, 0.25) is 0 Å². The van der Waals surface area contributed by atoms with Crippen LogP contribution in [-0.2, 0) is 0 Å². The normalized spacial score (nSPS) is 31.4. The van der Waals surface area contributed by atoms with E-state index in [1.807, 2.05) is 0 Å². The topological polar surface area (TPSA) is 15.3 Å². The van der Waals surface area contributed by atoms with Crippen LogP contribution in [-0.4, -0.2) is 37.1 Å². The van der Waals surface area contributed by atoms with Crippen molar-refractivity contribution in [2.24, 2.45) is 5.92 Å². The molecule has 1 N–H and O–H groups in total. The van der Waals surface area contributed by atoms with E-state index < -0.39 is 0 Å². The average molecular weight is 220 g/mol. The molecule has 0 amide bonds. The summed E-state index contributed by atoms with van der Waals surface area (Å²) in [4.78, 5) is 2.62. The molecule has 2 nitrogen and oxygen atoms in total. The van der Waals surface area contributed by atoms with Gasteiger partial charge in [-0.2, -0.15) is 0 Å². The van der Waals surface area contributed by atoms with Crippen molar-refractivity contribution in [1.82, 2.24) is 10.2 Å². The summed E-state index contributed by atoms with van der Waals surface area (Å²) in [7, 11) is 0. The lowest BCUT2D eigenvalue weighted by molar-refractivity contribution is 0.151. The lowest BCUT2D eigenvalue weighted by atomic mass is 9.89. The van der Waals surface area contributed by atoms with Gasteiger partial charge in [0.15, 0.2) is 0 Å². The van der Waals surface area contributed by atoms with Crippen molar-refractivity contribution in [2.45, 2.75) is 44.6 Å². The average Bonchev–Trinajstić information content (AvgIpc) is 2.83. The molecule has 90 valence electrons. The zero-order valence-corrected chi connectivity index (χ0v) is 10.3. The Labute approximate surface area is 99.8 Å². The molecule has 0 aliphatic carbocycles. The minimum Gasteiger partial charge on any atom is -0.314 e. The van der Waals surface area contributed by atoms with E-state index in [2.05, 4.69) is 16.1 Å². The lowest BCUT2D eigenvalue weighted by Gasteiger charge is -2.35. The first-order valence-electron chi connectivity index (χ1n) is 6.79. The van der Waals surface area contributed by atoms with Gasteiger partial charge in [0.05, 0.1) is 0 Å². The minimum absolute atomic E-state index is 0.801. The Morgan fingerprint density at radius 2 is 2.25 bits per heavy atom. The van der Waals surface area contributed by atoms with Crippen LogP contribution in [0.25, 0.3) is 0 Å². The van der Waals surface area contributed by atoms with Gasteiger partial charge in [-0.15, -0.1) is 12.3 Å². The van der Waals surface area contributed by atoms with Gasteiger partial charge in [0.1, 0.15) is 0 Å². The molecule has 2 aliphatic rings. The minimum atomic E-state index is 0.801. The Bertz CT molecular complexity index is 238. The number of likely N-dealkylation sites (tertiary alicyclic amines) is 1. The monoisotopic (exact) mass is 220 g/mol. The van der Waals surface area contributed by atoms with Crippen LogP contribution in [0.1, 0.15) is 38.5 Å². The zero-order valence-electron chi connectivity index (χ0n) is 10.3. The van der Waals surface area contributed by atoms with Crippen molar-refractivity contribution in [2.75, 3.05) is 26.2 Å². The van der Waals surface area contributed by atoms with E-state index in [0.29, 0.717) is 0 Å².